The largest absolute Gasteiger partial charge is 0.381 e. The molecule has 84 valence electrons. The van der Waals surface area contributed by atoms with Crippen LogP contribution >= 0.6 is 0 Å². The average molecular weight is 213 g/mol. The molecule has 0 fully saturated rings. The molecule has 0 unspecified atom stereocenters. The summed E-state index contributed by atoms with van der Waals surface area (Å²) in [6.07, 6.45) is 0.359. The molecular formula is C9H15N3O3. The Labute approximate surface area is 87.9 Å². The first-order valence-electron chi connectivity index (χ1n) is 4.86. The van der Waals surface area contributed by atoms with Crippen molar-refractivity contribution >= 4 is 5.91 Å². The molecule has 0 aliphatic heterocycles. The number of aromatic nitrogens is 2. The minimum Gasteiger partial charge on any atom is -0.381 e. The summed E-state index contributed by atoms with van der Waals surface area (Å²) in [6, 6.07) is 0. The van der Waals surface area contributed by atoms with E-state index in [0.29, 0.717) is 37.6 Å². The lowest BCUT2D eigenvalue weighted by Gasteiger charge is -2.02. The molecule has 6 heteroatoms. The first-order chi connectivity index (χ1) is 7.24. The van der Waals surface area contributed by atoms with Crippen molar-refractivity contribution in [3.63, 3.8) is 0 Å². The van der Waals surface area contributed by atoms with E-state index in [4.69, 9.17) is 4.74 Å². The number of aryl methyl sites for hydroxylation is 1. The number of hydrogen-bond donors (Lipinski definition) is 1. The Morgan fingerprint density at radius 3 is 2.93 bits per heavy atom. The quantitative estimate of drug-likeness (QED) is 0.693. The van der Waals surface area contributed by atoms with E-state index in [1.54, 1.807) is 6.92 Å². The van der Waals surface area contributed by atoms with Gasteiger partial charge in [0.05, 0.1) is 13.2 Å². The van der Waals surface area contributed by atoms with E-state index in [1.165, 1.54) is 0 Å². The Balaban J connectivity index is 2.20. The van der Waals surface area contributed by atoms with Crippen LogP contribution in [-0.4, -0.2) is 29.4 Å². The summed E-state index contributed by atoms with van der Waals surface area (Å²) < 4.78 is 9.56. The molecule has 6 nitrogen and oxygen atoms in total. The summed E-state index contributed by atoms with van der Waals surface area (Å²) in [5.41, 5.74) is 1.35. The smallest absolute Gasteiger partial charge is 0.222 e. The number of rotatable bonds is 6. The van der Waals surface area contributed by atoms with Gasteiger partial charge in [-0.05, 0) is 13.8 Å². The fourth-order valence-electron chi connectivity index (χ4n) is 0.990. The molecule has 0 aliphatic carbocycles. The molecule has 1 heterocycles. The second kappa shape index (κ2) is 6.13. The van der Waals surface area contributed by atoms with Gasteiger partial charge in [0.1, 0.15) is 11.4 Å². The molecule has 0 aliphatic rings. The van der Waals surface area contributed by atoms with Crippen molar-refractivity contribution in [2.24, 2.45) is 0 Å². The van der Waals surface area contributed by atoms with E-state index in [2.05, 4.69) is 20.3 Å². The average Bonchev–Trinajstić information content (AvgIpc) is 2.61. The van der Waals surface area contributed by atoms with Crippen LogP contribution in [0.2, 0.25) is 0 Å². The number of nitrogens with one attached hydrogen (secondary N) is 1. The van der Waals surface area contributed by atoms with Gasteiger partial charge in [-0.2, -0.15) is 0 Å². The van der Waals surface area contributed by atoms with Gasteiger partial charge >= 0.3 is 0 Å². The van der Waals surface area contributed by atoms with Crippen LogP contribution in [0.4, 0.5) is 0 Å². The van der Waals surface area contributed by atoms with E-state index in [0.717, 1.165) is 0 Å². The monoisotopic (exact) mass is 213 g/mol. The summed E-state index contributed by atoms with van der Waals surface area (Å²) in [5.74, 6) is -0.0640. The standard InChI is InChI=1S/C9H15N3O3/c1-3-14-5-4-9(13)10-6-8-7(2)11-15-12-8/h3-6H2,1-2H3,(H,10,13). The highest BCUT2D eigenvalue weighted by atomic mass is 16.6. The Hall–Kier alpha value is -1.43. The number of amides is 1. The number of nitrogens with zero attached hydrogens (tertiary/aromatic N) is 2. The zero-order valence-corrected chi connectivity index (χ0v) is 8.95. The van der Waals surface area contributed by atoms with Gasteiger partial charge in [0, 0.05) is 13.0 Å². The first-order valence-corrected chi connectivity index (χ1v) is 4.86. The Bertz CT molecular complexity index is 311. The zero-order valence-electron chi connectivity index (χ0n) is 8.95. The highest BCUT2D eigenvalue weighted by molar-refractivity contribution is 5.75. The Kier molecular flexibility index (Phi) is 4.76. The van der Waals surface area contributed by atoms with Crippen LogP contribution in [0.15, 0.2) is 4.63 Å². The second-order valence-electron chi connectivity index (χ2n) is 3.02. The fourth-order valence-corrected chi connectivity index (χ4v) is 0.990. The van der Waals surface area contributed by atoms with Crippen LogP contribution in [0.3, 0.4) is 0 Å². The summed E-state index contributed by atoms with van der Waals surface area (Å²) in [5, 5.41) is 9.96. The molecular weight excluding hydrogens is 198 g/mol. The Morgan fingerprint density at radius 1 is 1.53 bits per heavy atom. The normalized spacial score (nSPS) is 10.3. The maximum absolute atomic E-state index is 11.3. The van der Waals surface area contributed by atoms with Gasteiger partial charge in [-0.25, -0.2) is 4.63 Å². The lowest BCUT2D eigenvalue weighted by Crippen LogP contribution is -2.24. The van der Waals surface area contributed by atoms with Gasteiger partial charge in [0.25, 0.3) is 0 Å². The number of hydrogen-bond acceptors (Lipinski definition) is 5. The van der Waals surface area contributed by atoms with Crippen molar-refractivity contribution in [3.05, 3.63) is 11.4 Å². The van der Waals surface area contributed by atoms with E-state index >= 15 is 0 Å². The molecule has 0 atom stereocenters. The third-order valence-corrected chi connectivity index (χ3v) is 1.88. The van der Waals surface area contributed by atoms with Gasteiger partial charge in [0.15, 0.2) is 0 Å². The molecule has 1 aromatic rings. The van der Waals surface area contributed by atoms with Gasteiger partial charge < -0.3 is 10.1 Å². The molecule has 15 heavy (non-hydrogen) atoms. The van der Waals surface area contributed by atoms with Crippen LogP contribution in [0, 0.1) is 6.92 Å². The fraction of sp³-hybridized carbons (Fsp3) is 0.667. The van der Waals surface area contributed by atoms with E-state index in [1.807, 2.05) is 6.92 Å². The third kappa shape index (κ3) is 4.07. The molecule has 0 saturated carbocycles. The molecule has 1 rings (SSSR count). The molecule has 1 aromatic heterocycles. The molecule has 0 bridgehead atoms. The SMILES string of the molecule is CCOCCC(=O)NCc1nonc1C. The van der Waals surface area contributed by atoms with Crippen molar-refractivity contribution in [2.75, 3.05) is 13.2 Å². The minimum absolute atomic E-state index is 0.0640. The van der Waals surface area contributed by atoms with Crippen molar-refractivity contribution < 1.29 is 14.2 Å². The minimum atomic E-state index is -0.0640. The summed E-state index contributed by atoms with van der Waals surface area (Å²) in [4.78, 5) is 11.3. The molecule has 1 N–H and O–H groups in total. The van der Waals surface area contributed by atoms with E-state index < -0.39 is 0 Å². The molecule has 1 amide bonds. The third-order valence-electron chi connectivity index (χ3n) is 1.88. The lowest BCUT2D eigenvalue weighted by atomic mass is 10.3. The van der Waals surface area contributed by atoms with Gasteiger partial charge in [-0.1, -0.05) is 10.3 Å². The first kappa shape index (κ1) is 11.6. The van der Waals surface area contributed by atoms with E-state index in [-0.39, 0.29) is 5.91 Å². The van der Waals surface area contributed by atoms with Crippen molar-refractivity contribution in [1.82, 2.24) is 15.6 Å². The van der Waals surface area contributed by atoms with Crippen LogP contribution in [0.1, 0.15) is 24.7 Å². The van der Waals surface area contributed by atoms with Crippen molar-refractivity contribution in [3.8, 4) is 0 Å². The second-order valence-corrected chi connectivity index (χ2v) is 3.02. The van der Waals surface area contributed by atoms with Gasteiger partial charge in [-0.15, -0.1) is 0 Å². The number of ether oxygens (including phenoxy) is 1. The van der Waals surface area contributed by atoms with Gasteiger partial charge in [0.2, 0.25) is 5.91 Å². The van der Waals surface area contributed by atoms with Crippen LogP contribution < -0.4 is 5.32 Å². The molecule has 0 radical (unpaired) electrons. The summed E-state index contributed by atoms with van der Waals surface area (Å²) in [7, 11) is 0. The number of carbonyl (C=O) groups excluding carboxylic acids is 1. The summed E-state index contributed by atoms with van der Waals surface area (Å²) >= 11 is 0. The lowest BCUT2D eigenvalue weighted by molar-refractivity contribution is -0.122. The van der Waals surface area contributed by atoms with E-state index in [9.17, 15) is 4.79 Å². The Morgan fingerprint density at radius 2 is 2.33 bits per heavy atom. The topological polar surface area (TPSA) is 77.2 Å². The highest BCUT2D eigenvalue weighted by Gasteiger charge is 2.06. The molecule has 0 spiro atoms. The van der Waals surface area contributed by atoms with Crippen molar-refractivity contribution in [1.29, 1.82) is 0 Å². The summed E-state index contributed by atoms with van der Waals surface area (Å²) in [6.45, 7) is 5.08. The molecule has 0 aromatic carbocycles. The zero-order chi connectivity index (χ0) is 11.1. The van der Waals surface area contributed by atoms with Crippen LogP contribution in [0.25, 0.3) is 0 Å². The maximum atomic E-state index is 11.3. The van der Waals surface area contributed by atoms with Crippen molar-refractivity contribution in [2.45, 2.75) is 26.8 Å². The van der Waals surface area contributed by atoms with Crippen LogP contribution in [-0.2, 0) is 16.1 Å². The van der Waals surface area contributed by atoms with Gasteiger partial charge in [-0.3, -0.25) is 4.79 Å². The molecule has 0 saturated heterocycles. The predicted octanol–water partition coefficient (Wildman–Crippen LogP) is 0.421. The van der Waals surface area contributed by atoms with Crippen LogP contribution in [0.5, 0.6) is 0 Å². The maximum Gasteiger partial charge on any atom is 0.222 e. The number of carbonyl (C=O) groups is 1. The predicted molar refractivity (Wildman–Crippen MR) is 52.0 cm³/mol. The highest BCUT2D eigenvalue weighted by Crippen LogP contribution is 1.99.